The van der Waals surface area contributed by atoms with E-state index in [4.69, 9.17) is 0 Å². The second-order valence-electron chi connectivity index (χ2n) is 7.13. The van der Waals surface area contributed by atoms with Crippen molar-refractivity contribution in [2.75, 3.05) is 4.90 Å². The van der Waals surface area contributed by atoms with Gasteiger partial charge in [-0.15, -0.1) is 0 Å². The number of carbonyl (C=O) groups excluding carboxylic acids is 1. The Kier molecular flexibility index (Phi) is 6.95. The number of hydrogen-bond donors (Lipinski definition) is 0. The molecule has 0 aliphatic carbocycles. The number of benzene rings is 3. The molecular weight excluding hydrogens is 516 g/mol. The molecule has 5 heteroatoms. The first-order chi connectivity index (χ1) is 15.1. The maximum absolute atomic E-state index is 13.8. The molecule has 1 amide bonds. The van der Waals surface area contributed by atoms with Crippen molar-refractivity contribution in [3.05, 3.63) is 129 Å². The zero-order chi connectivity index (χ0) is 21.6. The molecule has 0 unspecified atom stereocenters. The third-order valence-corrected chi connectivity index (χ3v) is 6.10. The SMILES string of the molecule is O=C(c1ccc(Br)cc1)N(c1ccccn1)[C@@H](Cc1ccccc1)c1ccc(Br)cc1. The molecule has 154 valence electrons. The van der Waals surface area contributed by atoms with Crippen LogP contribution in [0.5, 0.6) is 0 Å². The minimum atomic E-state index is -0.221. The molecular formula is C26H20Br2N2O. The van der Waals surface area contributed by atoms with Gasteiger partial charge in [0.05, 0.1) is 6.04 Å². The van der Waals surface area contributed by atoms with Crippen LogP contribution < -0.4 is 4.90 Å². The van der Waals surface area contributed by atoms with E-state index >= 15 is 0 Å². The Morgan fingerprint density at radius 3 is 2.00 bits per heavy atom. The molecule has 0 saturated heterocycles. The number of pyridine rings is 1. The largest absolute Gasteiger partial charge is 0.285 e. The average Bonchev–Trinajstić information content (AvgIpc) is 2.81. The lowest BCUT2D eigenvalue weighted by Gasteiger charge is -2.32. The van der Waals surface area contributed by atoms with Gasteiger partial charge in [0, 0.05) is 20.7 Å². The van der Waals surface area contributed by atoms with E-state index in [-0.39, 0.29) is 11.9 Å². The Labute approximate surface area is 199 Å². The molecule has 0 bridgehead atoms. The quantitative estimate of drug-likeness (QED) is 0.261. The number of amides is 1. The third kappa shape index (κ3) is 5.30. The molecule has 0 aliphatic heterocycles. The number of aromatic nitrogens is 1. The van der Waals surface area contributed by atoms with Crippen LogP contribution in [-0.2, 0) is 6.42 Å². The van der Waals surface area contributed by atoms with Crippen molar-refractivity contribution in [2.45, 2.75) is 12.5 Å². The fourth-order valence-electron chi connectivity index (χ4n) is 3.51. The van der Waals surface area contributed by atoms with Gasteiger partial charge in [-0.25, -0.2) is 4.98 Å². The minimum Gasteiger partial charge on any atom is -0.285 e. The number of hydrogen-bond acceptors (Lipinski definition) is 2. The van der Waals surface area contributed by atoms with E-state index in [2.05, 4.69) is 61.1 Å². The average molecular weight is 536 g/mol. The molecule has 0 fully saturated rings. The molecule has 4 rings (SSSR count). The normalized spacial score (nSPS) is 11.7. The lowest BCUT2D eigenvalue weighted by Crippen LogP contribution is -2.37. The van der Waals surface area contributed by atoms with Crippen molar-refractivity contribution in [3.63, 3.8) is 0 Å². The summed E-state index contributed by atoms with van der Waals surface area (Å²) in [5.41, 5.74) is 2.81. The van der Waals surface area contributed by atoms with Crippen molar-refractivity contribution in [3.8, 4) is 0 Å². The minimum absolute atomic E-state index is 0.0879. The summed E-state index contributed by atoms with van der Waals surface area (Å²) >= 11 is 6.97. The summed E-state index contributed by atoms with van der Waals surface area (Å²) in [7, 11) is 0. The molecule has 0 N–H and O–H groups in total. The standard InChI is InChI=1S/C26H20Br2N2O/c27-22-13-9-20(10-14-22)24(18-19-6-2-1-3-7-19)30(25-8-4-5-17-29-25)26(31)21-11-15-23(28)16-12-21/h1-17,24H,18H2/t24-/m0/s1. The first kappa shape index (κ1) is 21.5. The number of nitrogens with zero attached hydrogens (tertiary/aromatic N) is 2. The highest BCUT2D eigenvalue weighted by atomic mass is 79.9. The van der Waals surface area contributed by atoms with E-state index in [9.17, 15) is 4.79 Å². The summed E-state index contributed by atoms with van der Waals surface area (Å²) in [6.45, 7) is 0. The molecule has 0 spiro atoms. The van der Waals surface area contributed by atoms with Gasteiger partial charge in [0.1, 0.15) is 5.82 Å². The van der Waals surface area contributed by atoms with Gasteiger partial charge in [-0.3, -0.25) is 9.69 Å². The Balaban J connectivity index is 1.83. The van der Waals surface area contributed by atoms with Crippen molar-refractivity contribution in [2.24, 2.45) is 0 Å². The highest BCUT2D eigenvalue weighted by molar-refractivity contribution is 9.10. The molecule has 1 heterocycles. The topological polar surface area (TPSA) is 33.2 Å². The van der Waals surface area contributed by atoms with E-state index in [0.29, 0.717) is 17.8 Å². The highest BCUT2D eigenvalue weighted by Gasteiger charge is 2.29. The molecule has 3 nitrogen and oxygen atoms in total. The van der Waals surface area contributed by atoms with Gasteiger partial charge in [0.25, 0.3) is 5.91 Å². The number of rotatable bonds is 6. The summed E-state index contributed by atoms with van der Waals surface area (Å²) in [4.78, 5) is 20.1. The van der Waals surface area contributed by atoms with Crippen LogP contribution in [0.15, 0.2) is 112 Å². The Bertz CT molecular complexity index is 1130. The molecule has 0 aliphatic rings. The van der Waals surface area contributed by atoms with Crippen LogP contribution in [0.25, 0.3) is 0 Å². The van der Waals surface area contributed by atoms with Crippen LogP contribution in [0.4, 0.5) is 5.82 Å². The van der Waals surface area contributed by atoms with Gasteiger partial charge in [-0.2, -0.15) is 0 Å². The van der Waals surface area contributed by atoms with E-state index in [1.54, 1.807) is 11.1 Å². The summed E-state index contributed by atoms with van der Waals surface area (Å²) in [5, 5.41) is 0. The van der Waals surface area contributed by atoms with Crippen molar-refractivity contribution in [1.82, 2.24) is 4.98 Å². The zero-order valence-electron chi connectivity index (χ0n) is 16.7. The van der Waals surface area contributed by atoms with Crippen LogP contribution >= 0.6 is 31.9 Å². The number of anilines is 1. The molecule has 0 saturated carbocycles. The summed E-state index contributed by atoms with van der Waals surface area (Å²) in [6.07, 6.45) is 2.39. The summed E-state index contributed by atoms with van der Waals surface area (Å²) < 4.78 is 1.93. The third-order valence-electron chi connectivity index (χ3n) is 5.04. The molecule has 1 atom stereocenters. The van der Waals surface area contributed by atoms with Gasteiger partial charge >= 0.3 is 0 Å². The van der Waals surface area contributed by atoms with Crippen LogP contribution in [0, 0.1) is 0 Å². The van der Waals surface area contributed by atoms with E-state index in [1.807, 2.05) is 72.8 Å². The Morgan fingerprint density at radius 1 is 0.774 bits per heavy atom. The lowest BCUT2D eigenvalue weighted by atomic mass is 9.96. The lowest BCUT2D eigenvalue weighted by molar-refractivity contribution is 0.0975. The highest BCUT2D eigenvalue weighted by Crippen LogP contribution is 2.32. The van der Waals surface area contributed by atoms with Gasteiger partial charge in [0.15, 0.2) is 0 Å². The first-order valence-electron chi connectivity index (χ1n) is 9.91. The van der Waals surface area contributed by atoms with Crippen LogP contribution in [0.3, 0.4) is 0 Å². The number of halogens is 2. The molecule has 0 radical (unpaired) electrons. The van der Waals surface area contributed by atoms with Crippen molar-refractivity contribution in [1.29, 1.82) is 0 Å². The van der Waals surface area contributed by atoms with Crippen LogP contribution in [-0.4, -0.2) is 10.9 Å². The van der Waals surface area contributed by atoms with Gasteiger partial charge < -0.3 is 0 Å². The van der Waals surface area contributed by atoms with Gasteiger partial charge in [-0.1, -0.05) is 80.4 Å². The second kappa shape index (κ2) is 10.0. The smallest absolute Gasteiger partial charge is 0.260 e. The fourth-order valence-corrected chi connectivity index (χ4v) is 4.04. The Hall–Kier alpha value is -2.76. The summed E-state index contributed by atoms with van der Waals surface area (Å²) in [5.74, 6) is 0.536. The van der Waals surface area contributed by atoms with E-state index in [0.717, 1.165) is 20.1 Å². The van der Waals surface area contributed by atoms with E-state index in [1.165, 1.54) is 0 Å². The van der Waals surface area contributed by atoms with Crippen molar-refractivity contribution < 1.29 is 4.79 Å². The molecule has 31 heavy (non-hydrogen) atoms. The van der Waals surface area contributed by atoms with Gasteiger partial charge in [-0.05, 0) is 66.1 Å². The van der Waals surface area contributed by atoms with Crippen molar-refractivity contribution >= 4 is 43.6 Å². The molecule has 4 aromatic rings. The predicted octanol–water partition coefficient (Wildman–Crippen LogP) is 7.24. The summed E-state index contributed by atoms with van der Waals surface area (Å²) in [6, 6.07) is 31.2. The monoisotopic (exact) mass is 534 g/mol. The predicted molar refractivity (Wildman–Crippen MR) is 132 cm³/mol. The second-order valence-corrected chi connectivity index (χ2v) is 8.96. The number of carbonyl (C=O) groups is 1. The zero-order valence-corrected chi connectivity index (χ0v) is 19.8. The van der Waals surface area contributed by atoms with E-state index < -0.39 is 0 Å². The maximum atomic E-state index is 13.8. The van der Waals surface area contributed by atoms with Crippen LogP contribution in [0.2, 0.25) is 0 Å². The first-order valence-corrected chi connectivity index (χ1v) is 11.5. The van der Waals surface area contributed by atoms with Gasteiger partial charge in [0.2, 0.25) is 0 Å². The van der Waals surface area contributed by atoms with Crippen LogP contribution in [0.1, 0.15) is 27.5 Å². The Morgan fingerprint density at radius 2 is 1.39 bits per heavy atom. The molecule has 1 aromatic heterocycles. The maximum Gasteiger partial charge on any atom is 0.260 e. The molecule has 3 aromatic carbocycles. The fraction of sp³-hybridized carbons (Fsp3) is 0.0769.